The van der Waals surface area contributed by atoms with Crippen molar-refractivity contribution in [3.63, 3.8) is 0 Å². The van der Waals surface area contributed by atoms with Gasteiger partial charge in [0.2, 0.25) is 0 Å². The first-order chi connectivity index (χ1) is 6.65. The van der Waals surface area contributed by atoms with Crippen LogP contribution in [0.4, 0.5) is 16.4 Å². The molecule has 1 heterocycles. The number of rotatable bonds is 1. The molecule has 0 atom stereocenters. The van der Waals surface area contributed by atoms with E-state index < -0.39 is 6.03 Å². The molecule has 0 aromatic carbocycles. The van der Waals surface area contributed by atoms with Gasteiger partial charge in [-0.1, -0.05) is 0 Å². The van der Waals surface area contributed by atoms with Gasteiger partial charge in [-0.25, -0.2) is 9.78 Å². The summed E-state index contributed by atoms with van der Waals surface area (Å²) in [5.74, 6) is 0.441. The maximum absolute atomic E-state index is 10.9. The molecule has 6 nitrogen and oxygen atoms in total. The van der Waals surface area contributed by atoms with Crippen LogP contribution in [-0.2, 0) is 0 Å². The molecule has 0 spiro atoms. The second-order valence-corrected chi connectivity index (χ2v) is 2.48. The van der Waals surface area contributed by atoms with Gasteiger partial charge in [-0.05, 0) is 12.1 Å². The predicted molar refractivity (Wildman–Crippen MR) is 51.4 cm³/mol. The molecule has 0 aliphatic rings. The fourth-order valence-electron chi connectivity index (χ4n) is 0.859. The molecule has 4 N–H and O–H groups in total. The summed E-state index contributed by atoms with van der Waals surface area (Å²) in [6.07, 6.45) is 0. The first kappa shape index (κ1) is 9.80. The van der Waals surface area contributed by atoms with E-state index in [1.807, 2.05) is 6.07 Å². The zero-order chi connectivity index (χ0) is 10.6. The molecular weight excluding hydrogens is 182 g/mol. The van der Waals surface area contributed by atoms with Crippen molar-refractivity contribution in [2.24, 2.45) is 0 Å². The van der Waals surface area contributed by atoms with Crippen LogP contribution in [0, 0.1) is 11.3 Å². The second kappa shape index (κ2) is 4.09. The fourth-order valence-corrected chi connectivity index (χ4v) is 0.859. The average Bonchev–Trinajstić information content (AvgIpc) is 2.16. The van der Waals surface area contributed by atoms with Crippen LogP contribution >= 0.6 is 0 Å². The number of nitrogens with zero attached hydrogens (tertiary/aromatic N) is 2. The summed E-state index contributed by atoms with van der Waals surface area (Å²) in [7, 11) is 1.48. The van der Waals surface area contributed by atoms with Crippen molar-refractivity contribution in [2.45, 2.75) is 0 Å². The Morgan fingerprint density at radius 3 is 2.93 bits per heavy atom. The largest absolute Gasteiger partial charge is 0.384 e. The quantitative estimate of drug-likeness (QED) is 0.593. The van der Waals surface area contributed by atoms with E-state index in [1.54, 1.807) is 0 Å². The van der Waals surface area contributed by atoms with Gasteiger partial charge in [0.1, 0.15) is 11.6 Å². The number of nitrogens with one attached hydrogen (secondary N) is 2. The van der Waals surface area contributed by atoms with E-state index in [0.29, 0.717) is 5.56 Å². The van der Waals surface area contributed by atoms with Gasteiger partial charge in [0.15, 0.2) is 0 Å². The molecule has 14 heavy (non-hydrogen) atoms. The standard InChI is InChI=1S/C8H9N5O/c1-11-8(14)13-7-3-5(4-9)2-6(10)12-7/h2-3H,1H3,(H4,10,11,12,13,14). The number of carbonyl (C=O) groups is 1. The van der Waals surface area contributed by atoms with Crippen molar-refractivity contribution in [3.05, 3.63) is 17.7 Å². The molecular formula is C8H9N5O. The second-order valence-electron chi connectivity index (χ2n) is 2.48. The molecule has 0 bridgehead atoms. The van der Waals surface area contributed by atoms with Crippen molar-refractivity contribution in [2.75, 3.05) is 18.1 Å². The lowest BCUT2D eigenvalue weighted by atomic mass is 10.3. The van der Waals surface area contributed by atoms with E-state index in [2.05, 4.69) is 15.6 Å². The first-order valence-electron chi connectivity index (χ1n) is 3.82. The summed E-state index contributed by atoms with van der Waals surface area (Å²) >= 11 is 0. The van der Waals surface area contributed by atoms with Crippen molar-refractivity contribution < 1.29 is 4.79 Å². The summed E-state index contributed by atoms with van der Waals surface area (Å²) in [5, 5.41) is 13.4. The fraction of sp³-hybridized carbons (Fsp3) is 0.125. The minimum atomic E-state index is -0.410. The Morgan fingerprint density at radius 2 is 2.36 bits per heavy atom. The van der Waals surface area contributed by atoms with E-state index in [0.717, 1.165) is 0 Å². The Kier molecular flexibility index (Phi) is 2.86. The molecule has 0 aliphatic carbocycles. The highest BCUT2D eigenvalue weighted by molar-refractivity contribution is 5.88. The molecule has 2 amide bonds. The molecule has 0 aliphatic heterocycles. The number of carbonyl (C=O) groups excluding carboxylic acids is 1. The molecule has 1 rings (SSSR count). The molecule has 0 unspecified atom stereocenters. The molecule has 0 saturated heterocycles. The van der Waals surface area contributed by atoms with Crippen LogP contribution in [0.25, 0.3) is 0 Å². The van der Waals surface area contributed by atoms with E-state index in [9.17, 15) is 4.79 Å². The Hall–Kier alpha value is -2.29. The van der Waals surface area contributed by atoms with E-state index in [1.165, 1.54) is 19.2 Å². The Labute approximate surface area is 80.7 Å². The molecule has 0 radical (unpaired) electrons. The minimum Gasteiger partial charge on any atom is -0.384 e. The zero-order valence-electron chi connectivity index (χ0n) is 7.53. The lowest BCUT2D eigenvalue weighted by molar-refractivity contribution is 0.254. The summed E-state index contributed by atoms with van der Waals surface area (Å²) < 4.78 is 0. The van der Waals surface area contributed by atoms with E-state index in [4.69, 9.17) is 11.0 Å². The number of nitrogens with two attached hydrogens (primary N) is 1. The highest BCUT2D eigenvalue weighted by Crippen LogP contribution is 2.10. The molecule has 1 aromatic heterocycles. The normalized spacial score (nSPS) is 8.86. The van der Waals surface area contributed by atoms with Gasteiger partial charge in [0.05, 0.1) is 11.6 Å². The van der Waals surface area contributed by atoms with Crippen LogP contribution < -0.4 is 16.4 Å². The lowest BCUT2D eigenvalue weighted by Crippen LogP contribution is -2.25. The van der Waals surface area contributed by atoms with Crippen molar-refractivity contribution in [1.29, 1.82) is 5.26 Å². The molecule has 72 valence electrons. The van der Waals surface area contributed by atoms with E-state index >= 15 is 0 Å². The third-order valence-electron chi connectivity index (χ3n) is 1.44. The molecule has 0 fully saturated rings. The maximum Gasteiger partial charge on any atom is 0.320 e. The number of hydrogen-bond acceptors (Lipinski definition) is 4. The number of nitriles is 1. The number of amides is 2. The van der Waals surface area contributed by atoms with Gasteiger partial charge < -0.3 is 11.1 Å². The minimum absolute atomic E-state index is 0.190. The van der Waals surface area contributed by atoms with Crippen LogP contribution in [0.2, 0.25) is 0 Å². The Balaban J connectivity index is 2.93. The average molecular weight is 191 g/mol. The predicted octanol–water partition coefficient (Wildman–Crippen LogP) is 0.287. The first-order valence-corrected chi connectivity index (χ1v) is 3.82. The summed E-state index contributed by atoms with van der Waals surface area (Å²) in [5.41, 5.74) is 5.77. The Morgan fingerprint density at radius 1 is 1.64 bits per heavy atom. The van der Waals surface area contributed by atoms with Crippen LogP contribution in [-0.4, -0.2) is 18.1 Å². The zero-order valence-corrected chi connectivity index (χ0v) is 7.53. The van der Waals surface area contributed by atoms with Crippen molar-refractivity contribution in [3.8, 4) is 6.07 Å². The highest BCUT2D eigenvalue weighted by Gasteiger charge is 2.02. The monoisotopic (exact) mass is 191 g/mol. The summed E-state index contributed by atoms with van der Waals surface area (Å²) in [4.78, 5) is 14.7. The third-order valence-corrected chi connectivity index (χ3v) is 1.44. The topological polar surface area (TPSA) is 104 Å². The summed E-state index contributed by atoms with van der Waals surface area (Å²) in [6, 6.07) is 4.36. The van der Waals surface area contributed by atoms with Crippen molar-refractivity contribution >= 4 is 17.7 Å². The lowest BCUT2D eigenvalue weighted by Gasteiger charge is -2.04. The molecule has 0 saturated carbocycles. The van der Waals surface area contributed by atoms with Crippen LogP contribution in [0.15, 0.2) is 12.1 Å². The number of urea groups is 1. The van der Waals surface area contributed by atoms with Gasteiger partial charge in [0, 0.05) is 7.05 Å². The van der Waals surface area contributed by atoms with Crippen LogP contribution in [0.5, 0.6) is 0 Å². The number of pyridine rings is 1. The van der Waals surface area contributed by atoms with Gasteiger partial charge >= 0.3 is 6.03 Å². The number of aromatic nitrogens is 1. The third kappa shape index (κ3) is 2.35. The van der Waals surface area contributed by atoms with Crippen molar-refractivity contribution in [1.82, 2.24) is 10.3 Å². The van der Waals surface area contributed by atoms with Crippen LogP contribution in [0.3, 0.4) is 0 Å². The van der Waals surface area contributed by atoms with Gasteiger partial charge in [0.25, 0.3) is 0 Å². The molecule has 1 aromatic rings. The number of hydrogen-bond donors (Lipinski definition) is 3. The van der Waals surface area contributed by atoms with Gasteiger partial charge in [-0.3, -0.25) is 5.32 Å². The van der Waals surface area contributed by atoms with E-state index in [-0.39, 0.29) is 11.6 Å². The summed E-state index contributed by atoms with van der Waals surface area (Å²) in [6.45, 7) is 0. The number of anilines is 2. The number of nitrogen functional groups attached to an aromatic ring is 1. The van der Waals surface area contributed by atoms with Crippen LogP contribution in [0.1, 0.15) is 5.56 Å². The highest BCUT2D eigenvalue weighted by atomic mass is 16.2. The smallest absolute Gasteiger partial charge is 0.320 e. The SMILES string of the molecule is CNC(=O)Nc1cc(C#N)cc(N)n1. The molecule has 6 heteroatoms. The Bertz CT molecular complexity index is 395. The van der Waals surface area contributed by atoms with Gasteiger partial charge in [-0.2, -0.15) is 5.26 Å². The van der Waals surface area contributed by atoms with Gasteiger partial charge in [-0.15, -0.1) is 0 Å². The maximum atomic E-state index is 10.9.